The number of carbonyl (C=O) groups excluding carboxylic acids is 3. The SMILES string of the molecule is C=CCNC(=O)[C@@H](C)OC(=O)CCN1C(=O)CSc2ccccc21. The van der Waals surface area contributed by atoms with Crippen molar-refractivity contribution in [3.63, 3.8) is 0 Å². The third-order valence-electron chi connectivity index (χ3n) is 3.45. The van der Waals surface area contributed by atoms with Crippen LogP contribution in [0.15, 0.2) is 41.8 Å². The molecule has 1 heterocycles. The molecule has 1 atom stereocenters. The van der Waals surface area contributed by atoms with Crippen LogP contribution in [-0.4, -0.2) is 42.7 Å². The molecule has 2 amide bonds. The van der Waals surface area contributed by atoms with E-state index in [1.54, 1.807) is 11.0 Å². The van der Waals surface area contributed by atoms with E-state index < -0.39 is 12.1 Å². The summed E-state index contributed by atoms with van der Waals surface area (Å²) in [4.78, 5) is 38.3. The second-order valence-corrected chi connectivity index (χ2v) is 6.23. The lowest BCUT2D eigenvalue weighted by Gasteiger charge is -2.28. The standard InChI is InChI=1S/C17H20N2O4S/c1-3-9-18-17(22)12(2)23-16(21)8-10-19-13-6-4-5-7-14(13)24-11-15(19)20/h3-7,12H,1,8-11H2,2H3,(H,18,22)/t12-/m1/s1. The van der Waals surface area contributed by atoms with Crippen LogP contribution in [-0.2, 0) is 19.1 Å². The Hall–Kier alpha value is -2.28. The molecule has 1 aromatic carbocycles. The van der Waals surface area contributed by atoms with Crippen molar-refractivity contribution in [3.05, 3.63) is 36.9 Å². The highest BCUT2D eigenvalue weighted by molar-refractivity contribution is 8.00. The molecule has 1 aliphatic rings. The number of ether oxygens (including phenoxy) is 1. The van der Waals surface area contributed by atoms with Crippen molar-refractivity contribution >= 4 is 35.2 Å². The molecule has 6 nitrogen and oxygen atoms in total. The molecule has 0 saturated carbocycles. The molecule has 0 radical (unpaired) electrons. The maximum atomic E-state index is 12.1. The van der Waals surface area contributed by atoms with Gasteiger partial charge in [-0.05, 0) is 19.1 Å². The Kier molecular flexibility index (Phi) is 6.43. The molecule has 0 aromatic heterocycles. The minimum Gasteiger partial charge on any atom is -0.452 e. The number of carbonyl (C=O) groups is 3. The van der Waals surface area contributed by atoms with Crippen LogP contribution in [0.5, 0.6) is 0 Å². The molecule has 1 aliphatic heterocycles. The Labute approximate surface area is 145 Å². The summed E-state index contributed by atoms with van der Waals surface area (Å²) in [6.45, 7) is 5.56. The number of nitrogens with zero attached hydrogens (tertiary/aromatic N) is 1. The molecule has 0 unspecified atom stereocenters. The van der Waals surface area contributed by atoms with Gasteiger partial charge in [0.2, 0.25) is 5.91 Å². The summed E-state index contributed by atoms with van der Waals surface area (Å²) in [7, 11) is 0. The van der Waals surface area contributed by atoms with Gasteiger partial charge >= 0.3 is 5.97 Å². The first-order chi connectivity index (χ1) is 11.5. The lowest BCUT2D eigenvalue weighted by atomic mass is 10.2. The Morgan fingerprint density at radius 1 is 1.46 bits per heavy atom. The molecule has 1 aromatic rings. The fourth-order valence-corrected chi connectivity index (χ4v) is 3.16. The Bertz CT molecular complexity index is 647. The third-order valence-corrected chi connectivity index (χ3v) is 4.49. The number of benzene rings is 1. The molecule has 0 spiro atoms. The molecule has 24 heavy (non-hydrogen) atoms. The first-order valence-corrected chi connectivity index (χ1v) is 8.61. The number of hydrogen-bond acceptors (Lipinski definition) is 5. The maximum Gasteiger partial charge on any atom is 0.308 e. The number of nitrogens with one attached hydrogen (secondary N) is 1. The topological polar surface area (TPSA) is 75.7 Å². The average molecular weight is 348 g/mol. The summed E-state index contributed by atoms with van der Waals surface area (Å²) >= 11 is 1.49. The van der Waals surface area contributed by atoms with E-state index in [9.17, 15) is 14.4 Å². The Morgan fingerprint density at radius 2 is 2.21 bits per heavy atom. The van der Waals surface area contributed by atoms with Gasteiger partial charge in [0, 0.05) is 18.0 Å². The second-order valence-electron chi connectivity index (χ2n) is 5.22. The van der Waals surface area contributed by atoms with Gasteiger partial charge in [-0.3, -0.25) is 14.4 Å². The predicted octanol–water partition coefficient (Wildman–Crippen LogP) is 1.75. The van der Waals surface area contributed by atoms with E-state index in [0.29, 0.717) is 12.3 Å². The number of amides is 2. The van der Waals surface area contributed by atoms with Crippen molar-refractivity contribution in [2.45, 2.75) is 24.3 Å². The zero-order valence-electron chi connectivity index (χ0n) is 13.5. The van der Waals surface area contributed by atoms with Crippen molar-refractivity contribution in [1.29, 1.82) is 0 Å². The van der Waals surface area contributed by atoms with E-state index in [1.807, 2.05) is 24.3 Å². The van der Waals surface area contributed by atoms with Crippen LogP contribution in [0, 0.1) is 0 Å². The highest BCUT2D eigenvalue weighted by Crippen LogP contribution is 2.34. The number of thioether (sulfide) groups is 1. The van der Waals surface area contributed by atoms with Crippen LogP contribution in [0.3, 0.4) is 0 Å². The van der Waals surface area contributed by atoms with Gasteiger partial charge in [0.1, 0.15) is 0 Å². The summed E-state index contributed by atoms with van der Waals surface area (Å²) in [6, 6.07) is 7.58. The van der Waals surface area contributed by atoms with Crippen LogP contribution in [0.1, 0.15) is 13.3 Å². The molecular weight excluding hydrogens is 328 g/mol. The largest absolute Gasteiger partial charge is 0.452 e. The van der Waals surface area contributed by atoms with E-state index in [2.05, 4.69) is 11.9 Å². The van der Waals surface area contributed by atoms with Crippen molar-refractivity contribution < 1.29 is 19.1 Å². The molecule has 1 N–H and O–H groups in total. The zero-order chi connectivity index (χ0) is 17.5. The number of fused-ring (bicyclic) bond motifs is 1. The predicted molar refractivity (Wildman–Crippen MR) is 92.9 cm³/mol. The lowest BCUT2D eigenvalue weighted by Crippen LogP contribution is -2.39. The first kappa shape index (κ1) is 18.1. The molecule has 0 saturated heterocycles. The summed E-state index contributed by atoms with van der Waals surface area (Å²) in [5.74, 6) is -0.575. The number of esters is 1. The highest BCUT2D eigenvalue weighted by atomic mass is 32.2. The van der Waals surface area contributed by atoms with Gasteiger partial charge in [-0.1, -0.05) is 18.2 Å². The van der Waals surface area contributed by atoms with Crippen molar-refractivity contribution in [2.75, 3.05) is 23.7 Å². The van der Waals surface area contributed by atoms with E-state index in [0.717, 1.165) is 10.6 Å². The minimum absolute atomic E-state index is 0.0316. The monoisotopic (exact) mass is 348 g/mol. The molecule has 7 heteroatoms. The Morgan fingerprint density at radius 3 is 2.96 bits per heavy atom. The fourth-order valence-electron chi connectivity index (χ4n) is 2.23. The number of hydrogen-bond donors (Lipinski definition) is 1. The van der Waals surface area contributed by atoms with Gasteiger partial charge in [-0.25, -0.2) is 0 Å². The fraction of sp³-hybridized carbons (Fsp3) is 0.353. The van der Waals surface area contributed by atoms with Gasteiger partial charge < -0.3 is 15.0 Å². The normalized spacial score (nSPS) is 14.5. The van der Waals surface area contributed by atoms with E-state index in [4.69, 9.17) is 4.74 Å². The van der Waals surface area contributed by atoms with Crippen LogP contribution in [0.2, 0.25) is 0 Å². The minimum atomic E-state index is -0.877. The van der Waals surface area contributed by atoms with Gasteiger partial charge in [0.25, 0.3) is 5.91 Å². The zero-order valence-corrected chi connectivity index (χ0v) is 14.3. The van der Waals surface area contributed by atoms with Crippen molar-refractivity contribution in [3.8, 4) is 0 Å². The van der Waals surface area contributed by atoms with Gasteiger partial charge in [0.15, 0.2) is 6.10 Å². The quantitative estimate of drug-likeness (QED) is 0.600. The van der Waals surface area contributed by atoms with E-state index in [1.165, 1.54) is 18.7 Å². The van der Waals surface area contributed by atoms with E-state index >= 15 is 0 Å². The summed E-state index contributed by atoms with van der Waals surface area (Å²) in [6.07, 6.45) is 0.700. The van der Waals surface area contributed by atoms with Gasteiger partial charge in [-0.15, -0.1) is 18.3 Å². The van der Waals surface area contributed by atoms with E-state index in [-0.39, 0.29) is 24.8 Å². The highest BCUT2D eigenvalue weighted by Gasteiger charge is 2.25. The molecular formula is C17H20N2O4S. The maximum absolute atomic E-state index is 12.1. The molecule has 0 bridgehead atoms. The summed E-state index contributed by atoms with van der Waals surface area (Å²) < 4.78 is 5.10. The molecule has 0 fully saturated rings. The van der Waals surface area contributed by atoms with Gasteiger partial charge in [0.05, 0.1) is 17.9 Å². The smallest absolute Gasteiger partial charge is 0.308 e. The molecule has 128 valence electrons. The van der Waals surface area contributed by atoms with Crippen LogP contribution >= 0.6 is 11.8 Å². The average Bonchev–Trinajstić information content (AvgIpc) is 2.58. The van der Waals surface area contributed by atoms with Gasteiger partial charge in [-0.2, -0.15) is 0 Å². The molecule has 2 rings (SSSR count). The van der Waals surface area contributed by atoms with Crippen LogP contribution in [0.4, 0.5) is 5.69 Å². The number of para-hydroxylation sites is 1. The number of rotatable bonds is 7. The summed E-state index contributed by atoms with van der Waals surface area (Å²) in [5.41, 5.74) is 0.809. The third kappa shape index (κ3) is 4.61. The van der Waals surface area contributed by atoms with Crippen LogP contribution in [0.25, 0.3) is 0 Å². The first-order valence-electron chi connectivity index (χ1n) is 7.63. The lowest BCUT2D eigenvalue weighted by molar-refractivity contribution is -0.154. The van der Waals surface area contributed by atoms with Crippen molar-refractivity contribution in [2.24, 2.45) is 0 Å². The van der Waals surface area contributed by atoms with Crippen molar-refractivity contribution in [1.82, 2.24) is 5.32 Å². The Balaban J connectivity index is 1.89. The van der Waals surface area contributed by atoms with Crippen LogP contribution < -0.4 is 10.2 Å². The summed E-state index contributed by atoms with van der Waals surface area (Å²) in [5, 5.41) is 2.56. The second kappa shape index (κ2) is 8.54. The number of anilines is 1. The molecule has 0 aliphatic carbocycles.